The van der Waals surface area contributed by atoms with Gasteiger partial charge in [0.25, 0.3) is 11.7 Å². The molecule has 0 spiro atoms. The van der Waals surface area contributed by atoms with E-state index in [0.717, 1.165) is 18.9 Å². The van der Waals surface area contributed by atoms with Crippen molar-refractivity contribution in [3.63, 3.8) is 0 Å². The number of aromatic nitrogens is 1. The molecule has 1 aromatic heterocycles. The molecule has 0 fully saturated rings. The Morgan fingerprint density at radius 3 is 2.47 bits per heavy atom. The van der Waals surface area contributed by atoms with Crippen LogP contribution < -0.4 is 0 Å². The number of hydrogen-bond donors (Lipinski definition) is 0. The summed E-state index contributed by atoms with van der Waals surface area (Å²) in [6.45, 7) is 5.11. The average molecular weight is 241 g/mol. The van der Waals surface area contributed by atoms with Crippen molar-refractivity contribution >= 4 is 11.7 Å². The minimum atomic E-state index is -0.690. The van der Waals surface area contributed by atoms with E-state index in [1.165, 1.54) is 0 Å². The first-order valence-electron chi connectivity index (χ1n) is 5.50. The van der Waals surface area contributed by atoms with Crippen LogP contribution in [0.4, 0.5) is 5.82 Å². The summed E-state index contributed by atoms with van der Waals surface area (Å²) in [5, 5.41) is 13.6. The Kier molecular flexibility index (Phi) is 4.62. The van der Waals surface area contributed by atoms with Gasteiger partial charge in [0.05, 0.1) is 6.07 Å². The number of nitrogens with zero attached hydrogens (tertiary/aromatic N) is 3. The van der Waals surface area contributed by atoms with Gasteiger partial charge in [0.15, 0.2) is 5.16 Å². The van der Waals surface area contributed by atoms with Gasteiger partial charge in [-0.1, -0.05) is 13.8 Å². The lowest BCUT2D eigenvalue weighted by atomic mass is 10.3. The molecule has 0 saturated heterocycles. The Labute approximate surface area is 98.5 Å². The van der Waals surface area contributed by atoms with Crippen molar-refractivity contribution in [1.82, 2.24) is 10.1 Å². The number of carbonyl (C=O) groups is 1. The van der Waals surface area contributed by atoms with Gasteiger partial charge < -0.3 is 15.0 Å². The van der Waals surface area contributed by atoms with Crippen LogP contribution in [0.2, 0.25) is 0 Å². The minimum absolute atomic E-state index is 0.0846. The number of amides is 1. The number of hydrogen-bond acceptors (Lipinski definition) is 5. The summed E-state index contributed by atoms with van der Waals surface area (Å²) in [4.78, 5) is 23.3. The van der Waals surface area contributed by atoms with Gasteiger partial charge in [-0.15, -0.1) is 0 Å². The normalized spacial score (nSPS) is 10.2. The van der Waals surface area contributed by atoms with E-state index in [-0.39, 0.29) is 11.7 Å². The van der Waals surface area contributed by atoms with Crippen LogP contribution in [-0.2, 0) is 0 Å². The van der Waals surface area contributed by atoms with E-state index < -0.39 is 10.7 Å². The van der Waals surface area contributed by atoms with Crippen molar-refractivity contribution in [2.24, 2.45) is 0 Å². The van der Waals surface area contributed by atoms with Gasteiger partial charge in [-0.05, 0) is 17.8 Å². The lowest BCUT2D eigenvalue weighted by Gasteiger charge is -2.19. The molecule has 0 aromatic carbocycles. The molecular formula is C10H15N3O4. The standard InChI is InChI=1S/C10H15N3O4/c1-3-5-12(6-4-2)10(14)8-7-9(11-17-8)13(15)16/h7H,3-6H2,1-2H3. The summed E-state index contributed by atoms with van der Waals surface area (Å²) in [5.74, 6) is -0.880. The van der Waals surface area contributed by atoms with Crippen LogP contribution in [-0.4, -0.2) is 34.0 Å². The van der Waals surface area contributed by atoms with Gasteiger partial charge >= 0.3 is 5.82 Å². The van der Waals surface area contributed by atoms with Gasteiger partial charge in [0.2, 0.25) is 0 Å². The fourth-order valence-corrected chi connectivity index (χ4v) is 1.46. The second kappa shape index (κ2) is 5.97. The predicted molar refractivity (Wildman–Crippen MR) is 59.6 cm³/mol. The first-order chi connectivity index (χ1) is 8.10. The molecule has 0 atom stereocenters. The Morgan fingerprint density at radius 1 is 1.47 bits per heavy atom. The highest BCUT2D eigenvalue weighted by atomic mass is 16.6. The zero-order valence-corrected chi connectivity index (χ0v) is 9.88. The zero-order valence-electron chi connectivity index (χ0n) is 9.88. The Bertz CT molecular complexity index is 396. The molecule has 0 bridgehead atoms. The third kappa shape index (κ3) is 3.27. The topological polar surface area (TPSA) is 89.5 Å². The Balaban J connectivity index is 2.81. The monoisotopic (exact) mass is 241 g/mol. The minimum Gasteiger partial charge on any atom is -0.358 e. The molecule has 1 amide bonds. The quantitative estimate of drug-likeness (QED) is 0.560. The van der Waals surface area contributed by atoms with Crippen LogP contribution in [0.3, 0.4) is 0 Å². The van der Waals surface area contributed by atoms with E-state index in [2.05, 4.69) is 9.68 Å². The summed E-state index contributed by atoms with van der Waals surface area (Å²) >= 11 is 0. The smallest absolute Gasteiger partial charge is 0.358 e. The maximum Gasteiger partial charge on any atom is 0.414 e. The average Bonchev–Trinajstić information content (AvgIpc) is 2.77. The molecule has 1 heterocycles. The van der Waals surface area contributed by atoms with Crippen molar-refractivity contribution in [2.45, 2.75) is 26.7 Å². The third-order valence-corrected chi connectivity index (χ3v) is 2.17. The molecule has 1 aromatic rings. The van der Waals surface area contributed by atoms with E-state index in [1.54, 1.807) is 4.90 Å². The van der Waals surface area contributed by atoms with Crippen molar-refractivity contribution < 1.29 is 14.2 Å². The molecule has 0 radical (unpaired) electrons. The van der Waals surface area contributed by atoms with Crippen LogP contribution in [0.15, 0.2) is 10.6 Å². The molecule has 7 heteroatoms. The van der Waals surface area contributed by atoms with Crippen LogP contribution >= 0.6 is 0 Å². The Morgan fingerprint density at radius 2 is 2.06 bits per heavy atom. The highest BCUT2D eigenvalue weighted by molar-refractivity contribution is 5.91. The van der Waals surface area contributed by atoms with E-state index >= 15 is 0 Å². The van der Waals surface area contributed by atoms with E-state index in [4.69, 9.17) is 0 Å². The van der Waals surface area contributed by atoms with Gasteiger partial charge in [0.1, 0.15) is 0 Å². The fraction of sp³-hybridized carbons (Fsp3) is 0.600. The molecule has 0 aliphatic rings. The van der Waals surface area contributed by atoms with Crippen molar-refractivity contribution in [3.8, 4) is 0 Å². The predicted octanol–water partition coefficient (Wildman–Crippen LogP) is 1.84. The van der Waals surface area contributed by atoms with Crippen molar-refractivity contribution in [2.75, 3.05) is 13.1 Å². The highest BCUT2D eigenvalue weighted by Gasteiger charge is 2.24. The van der Waals surface area contributed by atoms with Gasteiger partial charge in [-0.2, -0.15) is 0 Å². The maximum atomic E-state index is 11.9. The molecule has 1 rings (SSSR count). The molecule has 0 aliphatic carbocycles. The molecule has 0 unspecified atom stereocenters. The molecule has 94 valence electrons. The summed E-state index contributed by atoms with van der Waals surface area (Å²) in [5.41, 5.74) is 0. The van der Waals surface area contributed by atoms with Crippen LogP contribution in [0.25, 0.3) is 0 Å². The van der Waals surface area contributed by atoms with Gasteiger partial charge in [-0.3, -0.25) is 9.32 Å². The van der Waals surface area contributed by atoms with E-state index in [9.17, 15) is 14.9 Å². The highest BCUT2D eigenvalue weighted by Crippen LogP contribution is 2.13. The van der Waals surface area contributed by atoms with Crippen molar-refractivity contribution in [1.29, 1.82) is 0 Å². The summed E-state index contributed by atoms with van der Waals surface area (Å²) in [7, 11) is 0. The summed E-state index contributed by atoms with van der Waals surface area (Å²) in [6.07, 6.45) is 1.64. The van der Waals surface area contributed by atoms with Crippen LogP contribution in [0.5, 0.6) is 0 Å². The zero-order chi connectivity index (χ0) is 12.8. The number of carbonyl (C=O) groups excluding carboxylic acids is 1. The second-order valence-electron chi connectivity index (χ2n) is 3.60. The SMILES string of the molecule is CCCN(CCC)C(=O)c1cc([N+](=O)[O-])no1. The lowest BCUT2D eigenvalue weighted by molar-refractivity contribution is -0.390. The van der Waals surface area contributed by atoms with Crippen LogP contribution in [0, 0.1) is 10.1 Å². The van der Waals surface area contributed by atoms with E-state index in [1.807, 2.05) is 13.8 Å². The first-order valence-corrected chi connectivity index (χ1v) is 5.50. The number of rotatable bonds is 6. The molecule has 0 N–H and O–H groups in total. The summed E-state index contributed by atoms with van der Waals surface area (Å²) < 4.78 is 4.68. The molecule has 0 aliphatic heterocycles. The Hall–Kier alpha value is -1.92. The third-order valence-electron chi connectivity index (χ3n) is 2.17. The molecule has 17 heavy (non-hydrogen) atoms. The lowest BCUT2D eigenvalue weighted by Crippen LogP contribution is -2.32. The van der Waals surface area contributed by atoms with E-state index in [0.29, 0.717) is 13.1 Å². The van der Waals surface area contributed by atoms with Crippen LogP contribution in [0.1, 0.15) is 37.2 Å². The fourth-order valence-electron chi connectivity index (χ4n) is 1.46. The summed E-state index contributed by atoms with van der Waals surface area (Å²) in [6, 6.07) is 1.06. The van der Waals surface area contributed by atoms with Crippen molar-refractivity contribution in [3.05, 3.63) is 21.9 Å². The first kappa shape index (κ1) is 13.1. The number of nitro groups is 1. The molecular weight excluding hydrogens is 226 g/mol. The largest absolute Gasteiger partial charge is 0.414 e. The maximum absolute atomic E-state index is 11.9. The van der Waals surface area contributed by atoms with Gasteiger partial charge in [0, 0.05) is 13.1 Å². The van der Waals surface area contributed by atoms with Gasteiger partial charge in [-0.25, -0.2) is 0 Å². The second-order valence-corrected chi connectivity index (χ2v) is 3.60. The molecule has 7 nitrogen and oxygen atoms in total. The molecule has 0 saturated carbocycles.